The maximum absolute atomic E-state index is 12.5. The minimum Gasteiger partial charge on any atom is -0.346 e. The molecule has 0 saturated carbocycles. The number of nitrogens with one attached hydrogen (secondary N) is 1. The number of benzene rings is 2. The number of nitrogens with zero attached hydrogens (tertiary/aromatic N) is 1. The second-order valence-electron chi connectivity index (χ2n) is 5.54. The van der Waals surface area contributed by atoms with Gasteiger partial charge in [0, 0.05) is 24.1 Å². The summed E-state index contributed by atoms with van der Waals surface area (Å²) in [7, 11) is -0.737. The number of halogens is 1. The van der Waals surface area contributed by atoms with Crippen LogP contribution in [0.25, 0.3) is 0 Å². The van der Waals surface area contributed by atoms with E-state index in [2.05, 4.69) is 21.2 Å². The van der Waals surface area contributed by atoms with Crippen LogP contribution >= 0.6 is 15.9 Å². The molecule has 0 aliphatic heterocycles. The SMILES string of the molecule is C[C@@H](NC(=O)c1ccc(Br)c(S(=O)(=O)N(C)C)c1)c1ccccc1. The third kappa shape index (κ3) is 4.03. The van der Waals surface area contributed by atoms with Crippen molar-refractivity contribution in [3.8, 4) is 0 Å². The number of carbonyl (C=O) groups is 1. The lowest BCUT2D eigenvalue weighted by molar-refractivity contribution is 0.0939. The highest BCUT2D eigenvalue weighted by Gasteiger charge is 2.22. The molecule has 2 aromatic rings. The van der Waals surface area contributed by atoms with Gasteiger partial charge in [-0.1, -0.05) is 30.3 Å². The molecule has 0 aliphatic carbocycles. The first-order valence-electron chi connectivity index (χ1n) is 7.31. The van der Waals surface area contributed by atoms with Crippen molar-refractivity contribution in [1.82, 2.24) is 9.62 Å². The maximum atomic E-state index is 12.5. The van der Waals surface area contributed by atoms with Gasteiger partial charge < -0.3 is 5.32 Å². The minimum absolute atomic E-state index is 0.0625. The quantitative estimate of drug-likeness (QED) is 0.822. The number of amides is 1. The molecule has 5 nitrogen and oxygen atoms in total. The van der Waals surface area contributed by atoms with E-state index in [0.717, 1.165) is 9.87 Å². The number of carbonyl (C=O) groups excluding carboxylic acids is 1. The summed E-state index contributed by atoms with van der Waals surface area (Å²) in [4.78, 5) is 12.5. The highest BCUT2D eigenvalue weighted by Crippen LogP contribution is 2.25. The summed E-state index contributed by atoms with van der Waals surface area (Å²) in [6, 6.07) is 13.9. The molecule has 1 atom stereocenters. The average Bonchev–Trinajstić information content (AvgIpc) is 2.55. The van der Waals surface area contributed by atoms with Crippen molar-refractivity contribution >= 4 is 31.9 Å². The summed E-state index contributed by atoms with van der Waals surface area (Å²) in [5.41, 5.74) is 1.27. The fourth-order valence-corrected chi connectivity index (χ4v) is 3.99. The van der Waals surface area contributed by atoms with Crippen molar-refractivity contribution in [2.45, 2.75) is 17.9 Å². The highest BCUT2D eigenvalue weighted by atomic mass is 79.9. The summed E-state index contributed by atoms with van der Waals surface area (Å²) >= 11 is 3.23. The molecule has 0 fully saturated rings. The van der Waals surface area contributed by atoms with Gasteiger partial charge in [0.1, 0.15) is 0 Å². The Hall–Kier alpha value is -1.70. The van der Waals surface area contributed by atoms with Crippen LogP contribution < -0.4 is 5.32 Å². The van der Waals surface area contributed by atoms with Crippen LogP contribution in [0.2, 0.25) is 0 Å². The molecule has 0 aliphatic rings. The molecule has 0 radical (unpaired) electrons. The second kappa shape index (κ2) is 7.46. The van der Waals surface area contributed by atoms with Crippen LogP contribution in [-0.2, 0) is 10.0 Å². The standard InChI is InChI=1S/C17H19BrN2O3S/c1-12(13-7-5-4-6-8-13)19-17(21)14-9-10-15(18)16(11-14)24(22,23)20(2)3/h4-12H,1-3H3,(H,19,21)/t12-/m1/s1. The lowest BCUT2D eigenvalue weighted by Crippen LogP contribution is -2.27. The van der Waals surface area contributed by atoms with Gasteiger partial charge in [0.15, 0.2) is 0 Å². The van der Waals surface area contributed by atoms with Crippen molar-refractivity contribution < 1.29 is 13.2 Å². The normalized spacial score (nSPS) is 12.9. The van der Waals surface area contributed by atoms with Gasteiger partial charge in [-0.3, -0.25) is 4.79 Å². The van der Waals surface area contributed by atoms with E-state index in [1.54, 1.807) is 12.1 Å². The van der Waals surface area contributed by atoms with Crippen LogP contribution in [0.15, 0.2) is 57.9 Å². The first-order valence-corrected chi connectivity index (χ1v) is 9.54. The monoisotopic (exact) mass is 410 g/mol. The predicted molar refractivity (Wildman–Crippen MR) is 97.3 cm³/mol. The zero-order valence-corrected chi connectivity index (χ0v) is 16.1. The molecule has 0 spiro atoms. The van der Waals surface area contributed by atoms with Crippen LogP contribution in [-0.4, -0.2) is 32.7 Å². The van der Waals surface area contributed by atoms with Crippen molar-refractivity contribution in [1.29, 1.82) is 0 Å². The van der Waals surface area contributed by atoms with Crippen LogP contribution in [0, 0.1) is 0 Å². The summed E-state index contributed by atoms with van der Waals surface area (Å²) in [6.45, 7) is 1.88. The van der Waals surface area contributed by atoms with E-state index in [-0.39, 0.29) is 16.8 Å². The predicted octanol–water partition coefficient (Wildman–Crippen LogP) is 3.19. The summed E-state index contributed by atoms with van der Waals surface area (Å²) < 4.78 is 26.2. The van der Waals surface area contributed by atoms with E-state index in [0.29, 0.717) is 10.0 Å². The Morgan fingerprint density at radius 3 is 2.33 bits per heavy atom. The topological polar surface area (TPSA) is 66.5 Å². The van der Waals surface area contributed by atoms with E-state index < -0.39 is 10.0 Å². The van der Waals surface area contributed by atoms with Crippen LogP contribution in [0.1, 0.15) is 28.9 Å². The van der Waals surface area contributed by atoms with E-state index in [4.69, 9.17) is 0 Å². The Bertz CT molecular complexity index is 836. The van der Waals surface area contributed by atoms with Crippen LogP contribution in [0.4, 0.5) is 0 Å². The smallest absolute Gasteiger partial charge is 0.251 e. The molecule has 24 heavy (non-hydrogen) atoms. The average molecular weight is 411 g/mol. The van der Waals surface area contributed by atoms with Gasteiger partial charge in [0.2, 0.25) is 10.0 Å². The summed E-state index contributed by atoms with van der Waals surface area (Å²) in [6.07, 6.45) is 0. The van der Waals surface area contributed by atoms with Crippen molar-refractivity contribution in [3.05, 3.63) is 64.1 Å². The molecule has 0 unspecified atom stereocenters. The zero-order chi connectivity index (χ0) is 17.9. The van der Waals surface area contributed by atoms with Gasteiger partial charge in [-0.2, -0.15) is 0 Å². The number of rotatable bonds is 5. The van der Waals surface area contributed by atoms with E-state index in [9.17, 15) is 13.2 Å². The maximum Gasteiger partial charge on any atom is 0.251 e. The van der Waals surface area contributed by atoms with Gasteiger partial charge in [0.05, 0.1) is 10.9 Å². The van der Waals surface area contributed by atoms with Gasteiger partial charge in [-0.05, 0) is 46.6 Å². The van der Waals surface area contributed by atoms with Gasteiger partial charge >= 0.3 is 0 Å². The van der Waals surface area contributed by atoms with Crippen molar-refractivity contribution in [2.75, 3.05) is 14.1 Å². The van der Waals surface area contributed by atoms with Gasteiger partial charge in [-0.15, -0.1) is 0 Å². The molecule has 0 aromatic heterocycles. The van der Waals surface area contributed by atoms with Crippen LogP contribution in [0.5, 0.6) is 0 Å². The van der Waals surface area contributed by atoms with E-state index in [1.807, 2.05) is 37.3 Å². The van der Waals surface area contributed by atoms with Crippen molar-refractivity contribution in [2.24, 2.45) is 0 Å². The largest absolute Gasteiger partial charge is 0.346 e. The number of sulfonamides is 1. The summed E-state index contributed by atoms with van der Waals surface area (Å²) in [5, 5.41) is 2.88. The van der Waals surface area contributed by atoms with Gasteiger partial charge in [-0.25, -0.2) is 12.7 Å². The van der Waals surface area contributed by atoms with E-state index in [1.165, 1.54) is 20.2 Å². The first-order chi connectivity index (χ1) is 11.2. The number of hydrogen-bond donors (Lipinski definition) is 1. The molecular weight excluding hydrogens is 392 g/mol. The Kier molecular flexibility index (Phi) is 5.79. The van der Waals surface area contributed by atoms with Crippen molar-refractivity contribution in [3.63, 3.8) is 0 Å². The van der Waals surface area contributed by atoms with Crippen LogP contribution in [0.3, 0.4) is 0 Å². The molecule has 0 bridgehead atoms. The minimum atomic E-state index is -3.64. The zero-order valence-electron chi connectivity index (χ0n) is 13.7. The molecule has 1 amide bonds. The summed E-state index contributed by atoms with van der Waals surface area (Å²) in [5.74, 6) is -0.325. The molecule has 0 saturated heterocycles. The molecule has 2 rings (SSSR count). The Morgan fingerprint density at radius 2 is 1.75 bits per heavy atom. The molecule has 7 heteroatoms. The molecule has 128 valence electrons. The number of hydrogen-bond acceptors (Lipinski definition) is 3. The molecule has 0 heterocycles. The Balaban J connectivity index is 2.28. The van der Waals surface area contributed by atoms with Gasteiger partial charge in [0.25, 0.3) is 5.91 Å². The fourth-order valence-electron chi connectivity index (χ4n) is 2.14. The molecule has 1 N–H and O–H groups in total. The molecular formula is C17H19BrN2O3S. The molecule has 2 aromatic carbocycles. The highest BCUT2D eigenvalue weighted by molar-refractivity contribution is 9.10. The fraction of sp³-hybridized carbons (Fsp3) is 0.235. The Morgan fingerprint density at radius 1 is 1.12 bits per heavy atom. The third-order valence-corrected chi connectivity index (χ3v) is 6.41. The lowest BCUT2D eigenvalue weighted by atomic mass is 10.1. The lowest BCUT2D eigenvalue weighted by Gasteiger charge is -2.16. The third-order valence-electron chi connectivity index (χ3n) is 3.60. The second-order valence-corrected chi connectivity index (χ2v) is 8.51. The Labute approximate surface area is 150 Å². The van der Waals surface area contributed by atoms with E-state index >= 15 is 0 Å². The first kappa shape index (κ1) is 18.6.